The van der Waals surface area contributed by atoms with Gasteiger partial charge in [0.05, 0.1) is 5.56 Å². The molecule has 0 saturated carbocycles. The Kier molecular flexibility index (Phi) is 4.20. The van der Waals surface area contributed by atoms with Gasteiger partial charge >= 0.3 is 0 Å². The van der Waals surface area contributed by atoms with Crippen LogP contribution in [0.2, 0.25) is 0 Å². The Morgan fingerprint density at radius 3 is 2.78 bits per heavy atom. The lowest BCUT2D eigenvalue weighted by Gasteiger charge is -2.15. The third-order valence-electron chi connectivity index (χ3n) is 3.44. The summed E-state index contributed by atoms with van der Waals surface area (Å²) in [5.41, 5.74) is 7.93. The van der Waals surface area contributed by atoms with Gasteiger partial charge in [-0.2, -0.15) is 0 Å². The van der Waals surface area contributed by atoms with Gasteiger partial charge in [-0.1, -0.05) is 12.1 Å². The minimum Gasteiger partial charge on any atom is -0.398 e. The molecule has 1 saturated heterocycles. The predicted molar refractivity (Wildman–Crippen MR) is 73.6 cm³/mol. The first-order valence-electron chi connectivity index (χ1n) is 6.54. The third kappa shape index (κ3) is 3.01. The summed E-state index contributed by atoms with van der Waals surface area (Å²) in [6.07, 6.45) is 2.55. The number of carbonyl (C=O) groups is 1. The van der Waals surface area contributed by atoms with Gasteiger partial charge in [0.25, 0.3) is 5.91 Å². The number of benzene rings is 1. The largest absolute Gasteiger partial charge is 0.398 e. The molecule has 0 bridgehead atoms. The lowest BCUT2D eigenvalue weighted by molar-refractivity contribution is 0.0950. The van der Waals surface area contributed by atoms with E-state index in [9.17, 15) is 4.79 Å². The van der Waals surface area contributed by atoms with Crippen molar-refractivity contribution < 1.29 is 4.79 Å². The minimum absolute atomic E-state index is 0.0650. The van der Waals surface area contributed by atoms with Crippen molar-refractivity contribution in [1.29, 1.82) is 0 Å². The average Bonchev–Trinajstić information content (AvgIpc) is 2.82. The first kappa shape index (κ1) is 12.9. The van der Waals surface area contributed by atoms with E-state index < -0.39 is 0 Å². The quantitative estimate of drug-likeness (QED) is 0.791. The van der Waals surface area contributed by atoms with Gasteiger partial charge in [-0.3, -0.25) is 4.79 Å². The van der Waals surface area contributed by atoms with Crippen molar-refractivity contribution in [3.05, 3.63) is 29.3 Å². The van der Waals surface area contributed by atoms with E-state index in [0.717, 1.165) is 25.2 Å². The molecule has 98 valence electrons. The molecule has 3 N–H and O–H groups in total. The second-order valence-electron chi connectivity index (χ2n) is 4.84. The summed E-state index contributed by atoms with van der Waals surface area (Å²) in [6.45, 7) is 5.83. The number of likely N-dealkylation sites (tertiary alicyclic amines) is 1. The molecule has 1 fully saturated rings. The fraction of sp³-hybridized carbons (Fsp3) is 0.500. The number of nitrogen functional groups attached to an aromatic ring is 1. The molecular weight excluding hydrogens is 226 g/mol. The predicted octanol–water partition coefficient (Wildman–Crippen LogP) is 1.40. The number of hydrogen-bond acceptors (Lipinski definition) is 3. The molecule has 0 aromatic heterocycles. The Hall–Kier alpha value is -1.55. The summed E-state index contributed by atoms with van der Waals surface area (Å²) < 4.78 is 0. The molecule has 1 amide bonds. The van der Waals surface area contributed by atoms with Crippen molar-refractivity contribution >= 4 is 11.6 Å². The third-order valence-corrected chi connectivity index (χ3v) is 3.44. The summed E-state index contributed by atoms with van der Waals surface area (Å²) in [5.74, 6) is -0.0650. The van der Waals surface area contributed by atoms with Crippen molar-refractivity contribution in [3.63, 3.8) is 0 Å². The van der Waals surface area contributed by atoms with Crippen LogP contribution in [0.5, 0.6) is 0 Å². The van der Waals surface area contributed by atoms with Crippen LogP contribution < -0.4 is 11.1 Å². The zero-order chi connectivity index (χ0) is 13.0. The highest BCUT2D eigenvalue weighted by molar-refractivity contribution is 6.00. The fourth-order valence-corrected chi connectivity index (χ4v) is 2.42. The molecule has 1 aliphatic rings. The highest BCUT2D eigenvalue weighted by atomic mass is 16.1. The van der Waals surface area contributed by atoms with Gasteiger partial charge in [-0.05, 0) is 44.5 Å². The van der Waals surface area contributed by atoms with Gasteiger partial charge in [0, 0.05) is 18.8 Å². The number of rotatable bonds is 4. The Balaban J connectivity index is 1.87. The maximum absolute atomic E-state index is 12.1. The molecule has 0 aliphatic carbocycles. The summed E-state index contributed by atoms with van der Waals surface area (Å²) >= 11 is 0. The molecule has 0 unspecified atom stereocenters. The van der Waals surface area contributed by atoms with Crippen LogP contribution in [0.4, 0.5) is 5.69 Å². The minimum atomic E-state index is -0.0650. The number of carbonyl (C=O) groups excluding carboxylic acids is 1. The van der Waals surface area contributed by atoms with Gasteiger partial charge in [-0.15, -0.1) is 0 Å². The second-order valence-corrected chi connectivity index (χ2v) is 4.84. The fourth-order valence-electron chi connectivity index (χ4n) is 2.42. The van der Waals surface area contributed by atoms with Gasteiger partial charge in [0.1, 0.15) is 0 Å². The van der Waals surface area contributed by atoms with Gasteiger partial charge in [-0.25, -0.2) is 0 Å². The summed E-state index contributed by atoms with van der Waals surface area (Å²) in [7, 11) is 0. The zero-order valence-corrected chi connectivity index (χ0v) is 10.9. The Morgan fingerprint density at radius 2 is 2.11 bits per heavy atom. The number of nitrogens with two attached hydrogens (primary N) is 1. The molecule has 18 heavy (non-hydrogen) atoms. The zero-order valence-electron chi connectivity index (χ0n) is 10.9. The van der Waals surface area contributed by atoms with Crippen LogP contribution in [0, 0.1) is 6.92 Å². The van der Waals surface area contributed by atoms with Crippen molar-refractivity contribution in [2.24, 2.45) is 0 Å². The van der Waals surface area contributed by atoms with Crippen molar-refractivity contribution in [1.82, 2.24) is 10.2 Å². The molecule has 4 nitrogen and oxygen atoms in total. The second kappa shape index (κ2) is 5.87. The van der Waals surface area contributed by atoms with Crippen LogP contribution in [-0.4, -0.2) is 37.0 Å². The smallest absolute Gasteiger partial charge is 0.253 e. The van der Waals surface area contributed by atoms with Crippen LogP contribution in [0.1, 0.15) is 28.8 Å². The number of aryl methyl sites for hydroxylation is 1. The highest BCUT2D eigenvalue weighted by Crippen LogP contribution is 2.15. The van der Waals surface area contributed by atoms with E-state index in [1.165, 1.54) is 12.8 Å². The summed E-state index contributed by atoms with van der Waals surface area (Å²) in [4.78, 5) is 14.4. The number of nitrogens with zero attached hydrogens (tertiary/aromatic N) is 1. The maximum atomic E-state index is 12.1. The SMILES string of the molecule is Cc1cccc(N)c1C(=O)NCCN1CCCC1. The van der Waals surface area contributed by atoms with E-state index in [4.69, 9.17) is 5.73 Å². The van der Waals surface area contributed by atoms with Crippen LogP contribution in [0.25, 0.3) is 0 Å². The number of anilines is 1. The van der Waals surface area contributed by atoms with Gasteiger partial charge in [0.15, 0.2) is 0 Å². The van der Waals surface area contributed by atoms with E-state index in [-0.39, 0.29) is 5.91 Å². The summed E-state index contributed by atoms with van der Waals surface area (Å²) in [5, 5.41) is 2.95. The summed E-state index contributed by atoms with van der Waals surface area (Å²) in [6, 6.07) is 5.54. The van der Waals surface area contributed by atoms with E-state index in [1.807, 2.05) is 19.1 Å². The van der Waals surface area contributed by atoms with Crippen molar-refractivity contribution in [2.75, 3.05) is 31.9 Å². The Labute approximate surface area is 108 Å². The monoisotopic (exact) mass is 247 g/mol. The molecule has 0 atom stereocenters. The number of nitrogens with one attached hydrogen (secondary N) is 1. The van der Waals surface area contributed by atoms with Crippen LogP contribution in [0.15, 0.2) is 18.2 Å². The molecular formula is C14H21N3O. The molecule has 0 spiro atoms. The molecule has 1 aromatic rings. The Morgan fingerprint density at radius 1 is 1.39 bits per heavy atom. The lowest BCUT2D eigenvalue weighted by atomic mass is 10.1. The van der Waals surface area contributed by atoms with E-state index in [1.54, 1.807) is 6.07 Å². The van der Waals surface area contributed by atoms with Crippen molar-refractivity contribution in [3.8, 4) is 0 Å². The number of amides is 1. The molecule has 1 aromatic carbocycles. The average molecular weight is 247 g/mol. The van der Waals surface area contributed by atoms with E-state index >= 15 is 0 Å². The molecule has 1 heterocycles. The normalized spacial score (nSPS) is 15.8. The maximum Gasteiger partial charge on any atom is 0.253 e. The standard InChI is InChI=1S/C14H21N3O/c1-11-5-4-6-12(15)13(11)14(18)16-7-10-17-8-2-3-9-17/h4-6H,2-3,7-10,15H2,1H3,(H,16,18). The van der Waals surface area contributed by atoms with Crippen LogP contribution >= 0.6 is 0 Å². The van der Waals surface area contributed by atoms with Crippen LogP contribution in [-0.2, 0) is 0 Å². The first-order chi connectivity index (χ1) is 8.68. The lowest BCUT2D eigenvalue weighted by Crippen LogP contribution is -2.34. The molecule has 0 radical (unpaired) electrons. The van der Waals surface area contributed by atoms with Crippen LogP contribution in [0.3, 0.4) is 0 Å². The van der Waals surface area contributed by atoms with E-state index in [0.29, 0.717) is 17.8 Å². The first-order valence-corrected chi connectivity index (χ1v) is 6.54. The Bertz CT molecular complexity index is 405. The van der Waals surface area contributed by atoms with Gasteiger partial charge in [0.2, 0.25) is 0 Å². The molecule has 4 heteroatoms. The van der Waals surface area contributed by atoms with E-state index in [2.05, 4.69) is 10.2 Å². The van der Waals surface area contributed by atoms with Crippen molar-refractivity contribution in [2.45, 2.75) is 19.8 Å². The topological polar surface area (TPSA) is 58.4 Å². The molecule has 1 aliphatic heterocycles. The molecule has 2 rings (SSSR count). The highest BCUT2D eigenvalue weighted by Gasteiger charge is 2.14. The van der Waals surface area contributed by atoms with Gasteiger partial charge < -0.3 is 16.0 Å². The number of hydrogen-bond donors (Lipinski definition) is 2.